The maximum atomic E-state index is 12.4. The lowest BCUT2D eigenvalue weighted by molar-refractivity contribution is 0.0696. The van der Waals surface area contributed by atoms with Crippen LogP contribution >= 0.6 is 27.5 Å². The first-order chi connectivity index (χ1) is 11.2. The SMILES string of the molecule is Nc1c2c(cc(=O)n1-c1ccc(Br)c(Cl)c1C(=O)O)C(=O)NC2=O. The summed E-state index contributed by atoms with van der Waals surface area (Å²) in [5.41, 5.74) is 4.29. The molecular weight excluding hydrogens is 406 g/mol. The fourth-order valence-electron chi connectivity index (χ4n) is 2.46. The van der Waals surface area contributed by atoms with Gasteiger partial charge >= 0.3 is 5.97 Å². The molecular formula is C14H7BrClN3O5. The standard InChI is InChI=1S/C14H7BrClN3O5/c15-5-1-2-6(9(10(5)16)14(23)24)19-7(20)3-4-8(11(19)17)13(22)18-12(4)21/h1-3H,17H2,(H,23,24)(H,18,21,22). The maximum Gasteiger partial charge on any atom is 0.339 e. The number of halogens is 2. The smallest absolute Gasteiger partial charge is 0.339 e. The number of nitrogens with zero attached hydrogens (tertiary/aromatic N) is 1. The van der Waals surface area contributed by atoms with Crippen molar-refractivity contribution >= 4 is 51.1 Å². The van der Waals surface area contributed by atoms with Gasteiger partial charge in [0, 0.05) is 10.5 Å². The number of carbonyl (C=O) groups is 3. The number of amides is 2. The average Bonchev–Trinajstić information content (AvgIpc) is 2.77. The Morgan fingerprint density at radius 3 is 2.54 bits per heavy atom. The molecule has 1 aliphatic rings. The molecule has 0 aliphatic carbocycles. The van der Waals surface area contributed by atoms with E-state index >= 15 is 0 Å². The number of benzene rings is 1. The number of hydrogen-bond acceptors (Lipinski definition) is 5. The van der Waals surface area contributed by atoms with Crippen molar-refractivity contribution in [3.05, 3.63) is 54.7 Å². The predicted molar refractivity (Wildman–Crippen MR) is 87.9 cm³/mol. The number of carboxylic acids is 1. The molecule has 0 spiro atoms. The summed E-state index contributed by atoms with van der Waals surface area (Å²) in [5.74, 6) is -3.23. The molecule has 0 saturated heterocycles. The van der Waals surface area contributed by atoms with Gasteiger partial charge in [-0.05, 0) is 28.1 Å². The highest BCUT2D eigenvalue weighted by molar-refractivity contribution is 9.10. The van der Waals surface area contributed by atoms with Crippen molar-refractivity contribution in [2.24, 2.45) is 0 Å². The number of carboxylic acid groups (broad SMARTS) is 1. The third-order valence-corrected chi connectivity index (χ3v) is 4.76. The zero-order valence-electron chi connectivity index (χ0n) is 11.6. The quantitative estimate of drug-likeness (QED) is 0.639. The van der Waals surface area contributed by atoms with Crippen LogP contribution in [0.5, 0.6) is 0 Å². The third kappa shape index (κ3) is 2.21. The number of nitrogens with two attached hydrogens (primary N) is 1. The van der Waals surface area contributed by atoms with E-state index in [1.165, 1.54) is 12.1 Å². The van der Waals surface area contributed by atoms with Crippen LogP contribution < -0.4 is 16.6 Å². The molecule has 4 N–H and O–H groups in total. The van der Waals surface area contributed by atoms with Crippen LogP contribution in [0.4, 0.5) is 5.82 Å². The molecule has 1 aromatic heterocycles. The van der Waals surface area contributed by atoms with Gasteiger partial charge in [-0.1, -0.05) is 11.6 Å². The highest BCUT2D eigenvalue weighted by Gasteiger charge is 2.32. The summed E-state index contributed by atoms with van der Waals surface area (Å²) >= 11 is 9.10. The first kappa shape index (κ1) is 16.2. The molecule has 2 heterocycles. The van der Waals surface area contributed by atoms with Crippen molar-refractivity contribution in [1.82, 2.24) is 9.88 Å². The van der Waals surface area contributed by atoms with Gasteiger partial charge in [-0.2, -0.15) is 0 Å². The number of nitrogen functional groups attached to an aromatic ring is 1. The van der Waals surface area contributed by atoms with Gasteiger partial charge in [-0.3, -0.25) is 24.3 Å². The number of rotatable bonds is 2. The van der Waals surface area contributed by atoms with Crippen LogP contribution in [0.3, 0.4) is 0 Å². The van der Waals surface area contributed by atoms with Gasteiger partial charge in [0.05, 0.1) is 21.8 Å². The first-order valence-corrected chi connectivity index (χ1v) is 7.54. The number of imide groups is 1. The summed E-state index contributed by atoms with van der Waals surface area (Å²) in [7, 11) is 0. The number of anilines is 1. The molecule has 122 valence electrons. The van der Waals surface area contributed by atoms with Gasteiger partial charge in [0.25, 0.3) is 17.4 Å². The molecule has 8 nitrogen and oxygen atoms in total. The van der Waals surface area contributed by atoms with Crippen LogP contribution in [-0.4, -0.2) is 27.5 Å². The molecule has 0 fully saturated rings. The summed E-state index contributed by atoms with van der Waals surface area (Å²) in [6.45, 7) is 0. The number of hydrogen-bond donors (Lipinski definition) is 3. The van der Waals surface area contributed by atoms with E-state index in [1.807, 2.05) is 5.32 Å². The zero-order valence-corrected chi connectivity index (χ0v) is 13.9. The van der Waals surface area contributed by atoms with Crippen LogP contribution in [0, 0.1) is 0 Å². The van der Waals surface area contributed by atoms with Crippen LogP contribution in [0.1, 0.15) is 31.1 Å². The second-order valence-corrected chi connectivity index (χ2v) is 6.07. The topological polar surface area (TPSA) is 131 Å². The van der Waals surface area contributed by atoms with Crippen molar-refractivity contribution in [2.45, 2.75) is 0 Å². The minimum absolute atomic E-state index is 0.117. The lowest BCUT2D eigenvalue weighted by Crippen LogP contribution is -2.25. The van der Waals surface area contributed by atoms with E-state index in [0.29, 0.717) is 4.47 Å². The highest BCUT2D eigenvalue weighted by atomic mass is 79.9. The van der Waals surface area contributed by atoms with Crippen LogP contribution in [0.2, 0.25) is 5.02 Å². The largest absolute Gasteiger partial charge is 0.478 e. The van der Waals surface area contributed by atoms with Crippen molar-refractivity contribution in [3.8, 4) is 5.69 Å². The predicted octanol–water partition coefficient (Wildman–Crippen LogP) is 1.42. The van der Waals surface area contributed by atoms with Crippen LogP contribution in [0.15, 0.2) is 27.5 Å². The fraction of sp³-hybridized carbons (Fsp3) is 0. The molecule has 24 heavy (non-hydrogen) atoms. The molecule has 0 atom stereocenters. The van der Waals surface area contributed by atoms with Gasteiger partial charge in [0.15, 0.2) is 0 Å². The second kappa shape index (κ2) is 5.46. The molecule has 1 aromatic carbocycles. The Labute approximate surface area is 147 Å². The molecule has 2 aromatic rings. The second-order valence-electron chi connectivity index (χ2n) is 4.84. The molecule has 3 rings (SSSR count). The molecule has 2 amide bonds. The average molecular weight is 413 g/mol. The van der Waals surface area contributed by atoms with E-state index in [4.69, 9.17) is 17.3 Å². The number of carbonyl (C=O) groups excluding carboxylic acids is 2. The van der Waals surface area contributed by atoms with Crippen molar-refractivity contribution in [2.75, 3.05) is 5.73 Å². The summed E-state index contributed by atoms with van der Waals surface area (Å²) < 4.78 is 1.14. The minimum Gasteiger partial charge on any atom is -0.478 e. The Hall–Kier alpha value is -2.65. The van der Waals surface area contributed by atoms with Crippen LogP contribution in [-0.2, 0) is 0 Å². The Morgan fingerprint density at radius 1 is 1.25 bits per heavy atom. The summed E-state index contributed by atoms with van der Waals surface area (Å²) in [6.07, 6.45) is 0. The number of nitrogens with one attached hydrogen (secondary N) is 1. The summed E-state index contributed by atoms with van der Waals surface area (Å²) in [4.78, 5) is 47.4. The Kier molecular flexibility index (Phi) is 3.69. The van der Waals surface area contributed by atoms with Gasteiger partial charge in [-0.15, -0.1) is 0 Å². The molecule has 0 bridgehead atoms. The van der Waals surface area contributed by atoms with Gasteiger partial charge in [-0.25, -0.2) is 4.79 Å². The van der Waals surface area contributed by atoms with Crippen molar-refractivity contribution < 1.29 is 19.5 Å². The first-order valence-electron chi connectivity index (χ1n) is 6.37. The lowest BCUT2D eigenvalue weighted by atomic mass is 10.1. The minimum atomic E-state index is -1.39. The van der Waals surface area contributed by atoms with Crippen molar-refractivity contribution in [1.29, 1.82) is 0 Å². The third-order valence-electron chi connectivity index (χ3n) is 3.48. The number of aromatic nitrogens is 1. The zero-order chi connectivity index (χ0) is 17.8. The van der Waals surface area contributed by atoms with E-state index in [2.05, 4.69) is 15.9 Å². The summed E-state index contributed by atoms with van der Waals surface area (Å²) in [6, 6.07) is 3.68. The normalized spacial score (nSPS) is 12.9. The Balaban J connectivity index is 2.42. The number of pyridine rings is 1. The van der Waals surface area contributed by atoms with Crippen LogP contribution in [0.25, 0.3) is 5.69 Å². The van der Waals surface area contributed by atoms with E-state index in [-0.39, 0.29) is 33.2 Å². The Morgan fingerprint density at radius 2 is 1.92 bits per heavy atom. The molecule has 0 unspecified atom stereocenters. The molecule has 1 aliphatic heterocycles. The van der Waals surface area contributed by atoms with E-state index in [1.54, 1.807) is 0 Å². The van der Waals surface area contributed by atoms with Crippen molar-refractivity contribution in [3.63, 3.8) is 0 Å². The highest BCUT2D eigenvalue weighted by Crippen LogP contribution is 2.32. The molecule has 10 heteroatoms. The summed E-state index contributed by atoms with van der Waals surface area (Å²) in [5, 5.41) is 11.3. The van der Waals surface area contributed by atoms with Gasteiger partial charge in [0.1, 0.15) is 11.4 Å². The Bertz CT molecular complexity index is 1010. The van der Waals surface area contributed by atoms with E-state index < -0.39 is 23.3 Å². The van der Waals surface area contributed by atoms with E-state index in [0.717, 1.165) is 10.6 Å². The molecule has 0 saturated carbocycles. The van der Waals surface area contributed by atoms with E-state index in [9.17, 15) is 24.3 Å². The molecule has 0 radical (unpaired) electrons. The number of fused-ring (bicyclic) bond motifs is 1. The maximum absolute atomic E-state index is 12.4. The van der Waals surface area contributed by atoms with Gasteiger partial charge in [0.2, 0.25) is 0 Å². The fourth-order valence-corrected chi connectivity index (χ4v) is 3.03. The van der Waals surface area contributed by atoms with Gasteiger partial charge < -0.3 is 10.8 Å². The monoisotopic (exact) mass is 411 g/mol. The lowest BCUT2D eigenvalue weighted by Gasteiger charge is -2.15. The number of aromatic carboxylic acids is 1.